The van der Waals surface area contributed by atoms with Gasteiger partial charge in [0.25, 0.3) is 5.92 Å². The zero-order chi connectivity index (χ0) is 18.7. The molecule has 1 aromatic rings. The maximum atomic E-state index is 13.3. The molecule has 6 nitrogen and oxygen atoms in total. The van der Waals surface area contributed by atoms with Gasteiger partial charge in [-0.15, -0.1) is 0 Å². The summed E-state index contributed by atoms with van der Waals surface area (Å²) in [5.74, 6) is -3.12. The largest absolute Gasteiger partial charge is 0.338 e. The van der Waals surface area contributed by atoms with E-state index in [9.17, 15) is 18.4 Å². The summed E-state index contributed by atoms with van der Waals surface area (Å²) >= 11 is 0. The fourth-order valence-corrected chi connectivity index (χ4v) is 3.39. The number of benzene rings is 1. The number of nitrogens with zero attached hydrogens (tertiary/aromatic N) is 3. The summed E-state index contributed by atoms with van der Waals surface area (Å²) in [5, 5.41) is 2.59. The summed E-state index contributed by atoms with van der Waals surface area (Å²) in [6, 6.07) is 8.79. The molecule has 2 heterocycles. The molecular weight excluding hydrogens is 342 g/mol. The van der Waals surface area contributed by atoms with Crippen LogP contribution in [0.5, 0.6) is 0 Å². The van der Waals surface area contributed by atoms with Crippen molar-refractivity contribution in [2.45, 2.75) is 24.9 Å². The monoisotopic (exact) mass is 366 g/mol. The first-order chi connectivity index (χ1) is 12.4. The SMILES string of the molecule is CN(Cc1ccccc1)C(=O)N1CCN(C(=O)C2CC(F)(F)CN2)CC1. The summed E-state index contributed by atoms with van der Waals surface area (Å²) in [5.41, 5.74) is 1.05. The van der Waals surface area contributed by atoms with Crippen molar-refractivity contribution in [2.75, 3.05) is 39.8 Å². The molecule has 1 N–H and O–H groups in total. The Balaban J connectivity index is 1.48. The van der Waals surface area contributed by atoms with Crippen LogP contribution in [0.15, 0.2) is 30.3 Å². The molecule has 0 spiro atoms. The highest BCUT2D eigenvalue weighted by molar-refractivity contribution is 5.83. The van der Waals surface area contributed by atoms with Crippen molar-refractivity contribution in [2.24, 2.45) is 0 Å². The van der Waals surface area contributed by atoms with Gasteiger partial charge in [-0.25, -0.2) is 13.6 Å². The van der Waals surface area contributed by atoms with Gasteiger partial charge in [-0.05, 0) is 5.56 Å². The molecule has 2 saturated heterocycles. The number of urea groups is 1. The van der Waals surface area contributed by atoms with Crippen molar-refractivity contribution in [1.29, 1.82) is 0 Å². The maximum Gasteiger partial charge on any atom is 0.320 e. The lowest BCUT2D eigenvalue weighted by molar-refractivity contribution is -0.135. The van der Waals surface area contributed by atoms with E-state index in [1.165, 1.54) is 0 Å². The molecule has 2 aliphatic heterocycles. The van der Waals surface area contributed by atoms with Gasteiger partial charge in [0.15, 0.2) is 0 Å². The summed E-state index contributed by atoms with van der Waals surface area (Å²) in [6.07, 6.45) is -0.454. The molecule has 0 aliphatic carbocycles. The molecule has 26 heavy (non-hydrogen) atoms. The van der Waals surface area contributed by atoms with Crippen LogP contribution in [0.4, 0.5) is 13.6 Å². The van der Waals surface area contributed by atoms with E-state index in [4.69, 9.17) is 0 Å². The maximum absolute atomic E-state index is 13.3. The van der Waals surface area contributed by atoms with E-state index in [-0.39, 0.29) is 11.9 Å². The Morgan fingerprint density at radius 3 is 2.35 bits per heavy atom. The zero-order valence-corrected chi connectivity index (χ0v) is 14.8. The van der Waals surface area contributed by atoms with E-state index in [1.807, 2.05) is 30.3 Å². The molecule has 0 saturated carbocycles. The third kappa shape index (κ3) is 4.30. The number of hydrogen-bond acceptors (Lipinski definition) is 3. The highest BCUT2D eigenvalue weighted by atomic mass is 19.3. The first-order valence-electron chi connectivity index (χ1n) is 8.80. The first kappa shape index (κ1) is 18.6. The Labute approximate surface area is 151 Å². The fraction of sp³-hybridized carbons (Fsp3) is 0.556. The Hall–Kier alpha value is -2.22. The minimum atomic E-state index is -2.82. The van der Waals surface area contributed by atoms with Gasteiger partial charge < -0.3 is 14.7 Å². The lowest BCUT2D eigenvalue weighted by Gasteiger charge is -2.37. The molecule has 3 amide bonds. The van der Waals surface area contributed by atoms with Crippen LogP contribution < -0.4 is 5.32 Å². The third-order valence-corrected chi connectivity index (χ3v) is 4.86. The number of rotatable bonds is 3. The average molecular weight is 366 g/mol. The number of carbonyl (C=O) groups is 2. The number of amides is 3. The van der Waals surface area contributed by atoms with Gasteiger partial charge >= 0.3 is 6.03 Å². The van der Waals surface area contributed by atoms with Gasteiger partial charge in [0.2, 0.25) is 5.91 Å². The average Bonchev–Trinajstić information content (AvgIpc) is 3.01. The zero-order valence-electron chi connectivity index (χ0n) is 14.8. The van der Waals surface area contributed by atoms with E-state index < -0.39 is 24.9 Å². The number of halogens is 2. The van der Waals surface area contributed by atoms with E-state index in [0.29, 0.717) is 32.7 Å². The van der Waals surface area contributed by atoms with Crippen molar-refractivity contribution in [3.8, 4) is 0 Å². The Kier molecular flexibility index (Phi) is 5.41. The van der Waals surface area contributed by atoms with Crippen molar-refractivity contribution < 1.29 is 18.4 Å². The van der Waals surface area contributed by atoms with Crippen LogP contribution in [0.1, 0.15) is 12.0 Å². The quantitative estimate of drug-likeness (QED) is 0.879. The minimum Gasteiger partial charge on any atom is -0.338 e. The van der Waals surface area contributed by atoms with Crippen LogP contribution in [0.3, 0.4) is 0 Å². The number of piperazine rings is 1. The Morgan fingerprint density at radius 1 is 1.15 bits per heavy atom. The van der Waals surface area contributed by atoms with Crippen LogP contribution >= 0.6 is 0 Å². The molecule has 2 fully saturated rings. The molecule has 1 atom stereocenters. The van der Waals surface area contributed by atoms with Gasteiger partial charge in [-0.1, -0.05) is 30.3 Å². The normalized spacial score (nSPS) is 22.3. The molecule has 142 valence electrons. The van der Waals surface area contributed by atoms with Crippen molar-refractivity contribution in [1.82, 2.24) is 20.0 Å². The smallest absolute Gasteiger partial charge is 0.320 e. The van der Waals surface area contributed by atoms with Crippen LogP contribution in [-0.2, 0) is 11.3 Å². The molecule has 0 radical (unpaired) electrons. The number of carbonyl (C=O) groups excluding carboxylic acids is 2. The highest BCUT2D eigenvalue weighted by Gasteiger charge is 2.44. The predicted octanol–water partition coefficient (Wildman–Crippen LogP) is 1.38. The van der Waals surface area contributed by atoms with Crippen molar-refractivity contribution in [3.05, 3.63) is 35.9 Å². The summed E-state index contributed by atoms with van der Waals surface area (Å²) < 4.78 is 26.5. The van der Waals surface area contributed by atoms with E-state index in [0.717, 1.165) is 5.56 Å². The molecule has 3 rings (SSSR count). The number of alkyl halides is 2. The number of hydrogen-bond donors (Lipinski definition) is 1. The highest BCUT2D eigenvalue weighted by Crippen LogP contribution is 2.26. The van der Waals surface area contributed by atoms with Gasteiger partial charge in [0.05, 0.1) is 12.6 Å². The molecular formula is C18H24F2N4O2. The predicted molar refractivity (Wildman–Crippen MR) is 92.8 cm³/mol. The van der Waals surface area contributed by atoms with Crippen LogP contribution in [0, 0.1) is 0 Å². The van der Waals surface area contributed by atoms with Crippen molar-refractivity contribution >= 4 is 11.9 Å². The van der Waals surface area contributed by atoms with Crippen LogP contribution in [0.25, 0.3) is 0 Å². The molecule has 1 aromatic carbocycles. The second-order valence-electron chi connectivity index (χ2n) is 6.93. The van der Waals surface area contributed by atoms with Gasteiger partial charge in [0.1, 0.15) is 0 Å². The minimum absolute atomic E-state index is 0.0912. The second kappa shape index (κ2) is 7.57. The van der Waals surface area contributed by atoms with E-state index in [2.05, 4.69) is 5.32 Å². The lowest BCUT2D eigenvalue weighted by Crippen LogP contribution is -2.55. The number of nitrogens with one attached hydrogen (secondary N) is 1. The molecule has 0 bridgehead atoms. The summed E-state index contributed by atoms with van der Waals surface area (Å²) in [6.45, 7) is 1.62. The summed E-state index contributed by atoms with van der Waals surface area (Å²) in [7, 11) is 1.75. The first-order valence-corrected chi connectivity index (χ1v) is 8.80. The molecule has 1 unspecified atom stereocenters. The van der Waals surface area contributed by atoms with E-state index >= 15 is 0 Å². The molecule has 2 aliphatic rings. The molecule has 8 heteroatoms. The fourth-order valence-electron chi connectivity index (χ4n) is 3.39. The van der Waals surface area contributed by atoms with Gasteiger partial charge in [-0.3, -0.25) is 10.1 Å². The second-order valence-corrected chi connectivity index (χ2v) is 6.93. The van der Waals surface area contributed by atoms with Crippen LogP contribution in [0.2, 0.25) is 0 Å². The summed E-state index contributed by atoms with van der Waals surface area (Å²) in [4.78, 5) is 29.8. The van der Waals surface area contributed by atoms with E-state index in [1.54, 1.807) is 21.7 Å². The Morgan fingerprint density at radius 2 is 1.77 bits per heavy atom. The topological polar surface area (TPSA) is 55.9 Å². The van der Waals surface area contributed by atoms with Gasteiger partial charge in [-0.2, -0.15) is 0 Å². The van der Waals surface area contributed by atoms with Crippen LogP contribution in [-0.4, -0.2) is 78.4 Å². The molecule has 0 aromatic heterocycles. The Bertz CT molecular complexity index is 648. The lowest BCUT2D eigenvalue weighted by atomic mass is 10.1. The van der Waals surface area contributed by atoms with Crippen molar-refractivity contribution in [3.63, 3.8) is 0 Å². The standard InChI is InChI=1S/C18H24F2N4O2/c1-22(12-14-5-3-2-4-6-14)17(26)24-9-7-23(8-10-24)16(25)15-11-18(19,20)13-21-15/h2-6,15,21H,7-13H2,1H3. The third-order valence-electron chi connectivity index (χ3n) is 4.86. The van der Waals surface area contributed by atoms with Gasteiger partial charge in [0, 0.05) is 46.2 Å².